The lowest BCUT2D eigenvalue weighted by molar-refractivity contribution is 0.639. The smallest absolute Gasteiger partial charge is 0.123 e. The fraction of sp³-hybridized carbons (Fsp3) is 0.333. The summed E-state index contributed by atoms with van der Waals surface area (Å²) in [5.41, 5.74) is 0.742. The van der Waals surface area contributed by atoms with Crippen LogP contribution in [0.1, 0.15) is 13.8 Å². The third-order valence-corrected chi connectivity index (χ3v) is 2.84. The van der Waals surface area contributed by atoms with E-state index in [1.807, 2.05) is 19.1 Å². The third kappa shape index (κ3) is 2.15. The van der Waals surface area contributed by atoms with E-state index in [1.165, 1.54) is 0 Å². The topological polar surface area (TPSA) is 0 Å². The number of hydrogen-bond acceptors (Lipinski definition) is 0. The molecule has 1 rings (SSSR count). The number of allylic oxidation sites excluding steroid dienone is 6. The molecule has 2 heteroatoms. The minimum Gasteiger partial charge on any atom is -0.207 e. The Morgan fingerprint density at radius 2 is 2.18 bits per heavy atom. The summed E-state index contributed by atoms with van der Waals surface area (Å²) in [6.07, 6.45) is 5.60. The maximum absolute atomic E-state index is 13.1. The van der Waals surface area contributed by atoms with E-state index in [4.69, 9.17) is 0 Å². The number of halogens is 2. The van der Waals surface area contributed by atoms with Gasteiger partial charge < -0.3 is 0 Å². The van der Waals surface area contributed by atoms with Gasteiger partial charge in [-0.15, -0.1) is 0 Å². The molecule has 0 bridgehead atoms. The second-order valence-corrected chi connectivity index (χ2v) is 3.87. The van der Waals surface area contributed by atoms with E-state index in [0.717, 1.165) is 9.15 Å². The van der Waals surface area contributed by atoms with Crippen molar-refractivity contribution in [1.29, 1.82) is 0 Å². The molecule has 1 aliphatic carbocycles. The van der Waals surface area contributed by atoms with Crippen molar-refractivity contribution in [3.8, 4) is 0 Å². The highest BCUT2D eigenvalue weighted by molar-refractivity contribution is 14.1. The van der Waals surface area contributed by atoms with Gasteiger partial charge in [0.25, 0.3) is 0 Å². The quantitative estimate of drug-likeness (QED) is 0.584. The van der Waals surface area contributed by atoms with E-state index < -0.39 is 0 Å². The molecule has 0 radical (unpaired) electrons. The summed E-state index contributed by atoms with van der Waals surface area (Å²) in [5, 5.41) is 0. The molecule has 0 fully saturated rings. The zero-order valence-corrected chi connectivity index (χ0v) is 8.72. The summed E-state index contributed by atoms with van der Waals surface area (Å²) in [4.78, 5) is 0. The van der Waals surface area contributed by atoms with Crippen LogP contribution < -0.4 is 0 Å². The van der Waals surface area contributed by atoms with Gasteiger partial charge in [0.2, 0.25) is 0 Å². The largest absolute Gasteiger partial charge is 0.207 e. The van der Waals surface area contributed by atoms with Crippen molar-refractivity contribution in [2.45, 2.75) is 13.8 Å². The van der Waals surface area contributed by atoms with Gasteiger partial charge in [-0.05, 0) is 47.1 Å². The summed E-state index contributed by atoms with van der Waals surface area (Å²) in [5.74, 6) is 0.115. The first-order valence-electron chi connectivity index (χ1n) is 3.53. The first-order chi connectivity index (χ1) is 5.11. The molecule has 0 saturated heterocycles. The first-order valence-corrected chi connectivity index (χ1v) is 4.61. The molecule has 0 spiro atoms. The standard InChI is InChI=1S/C9H10FI/c1-6-3-4-9(11)7(2)8(10)5-6/h3-6H,1-2H3. The van der Waals surface area contributed by atoms with Gasteiger partial charge in [-0.1, -0.05) is 19.1 Å². The fourth-order valence-corrected chi connectivity index (χ4v) is 1.35. The van der Waals surface area contributed by atoms with Crippen LogP contribution >= 0.6 is 22.6 Å². The van der Waals surface area contributed by atoms with Gasteiger partial charge in [-0.2, -0.15) is 0 Å². The van der Waals surface area contributed by atoms with E-state index in [0.29, 0.717) is 0 Å². The lowest BCUT2D eigenvalue weighted by Crippen LogP contribution is -1.82. The Morgan fingerprint density at radius 1 is 1.55 bits per heavy atom. The SMILES string of the molecule is CC1=C(I)C=CC(C)C=C1F. The summed E-state index contributed by atoms with van der Waals surface area (Å²) in [6.45, 7) is 3.77. The third-order valence-electron chi connectivity index (χ3n) is 1.67. The molecular weight excluding hydrogens is 254 g/mol. The van der Waals surface area contributed by atoms with Crippen LogP contribution in [0.3, 0.4) is 0 Å². The van der Waals surface area contributed by atoms with Crippen molar-refractivity contribution in [1.82, 2.24) is 0 Å². The second-order valence-electron chi connectivity index (χ2n) is 2.71. The lowest BCUT2D eigenvalue weighted by atomic mass is 10.1. The molecule has 0 nitrogen and oxygen atoms in total. The molecule has 11 heavy (non-hydrogen) atoms. The molecule has 0 aromatic carbocycles. The zero-order chi connectivity index (χ0) is 8.43. The monoisotopic (exact) mass is 264 g/mol. The molecule has 1 unspecified atom stereocenters. The molecule has 60 valence electrons. The van der Waals surface area contributed by atoms with Crippen LogP contribution in [-0.2, 0) is 0 Å². The molecule has 1 atom stereocenters. The molecule has 0 aromatic heterocycles. The van der Waals surface area contributed by atoms with Crippen LogP contribution in [0, 0.1) is 5.92 Å². The van der Waals surface area contributed by atoms with Crippen molar-refractivity contribution >= 4 is 22.6 Å². The molecule has 0 heterocycles. The van der Waals surface area contributed by atoms with Crippen molar-refractivity contribution in [3.05, 3.63) is 33.2 Å². The van der Waals surface area contributed by atoms with Crippen LogP contribution in [0.2, 0.25) is 0 Å². The highest BCUT2D eigenvalue weighted by Gasteiger charge is 2.07. The van der Waals surface area contributed by atoms with E-state index in [1.54, 1.807) is 13.0 Å². The summed E-state index contributed by atoms with van der Waals surface area (Å²) >= 11 is 2.14. The molecule has 0 aromatic rings. The molecule has 1 aliphatic rings. The average Bonchev–Trinajstić information content (AvgIpc) is 2.05. The van der Waals surface area contributed by atoms with Crippen LogP contribution in [0.4, 0.5) is 4.39 Å². The number of rotatable bonds is 0. The summed E-state index contributed by atoms with van der Waals surface area (Å²) < 4.78 is 14.1. The Bertz CT molecular complexity index is 248. The first kappa shape index (κ1) is 8.97. The Kier molecular flexibility index (Phi) is 2.87. The molecule has 0 aliphatic heterocycles. The average molecular weight is 264 g/mol. The van der Waals surface area contributed by atoms with Gasteiger partial charge in [0, 0.05) is 3.58 Å². The Morgan fingerprint density at radius 3 is 2.82 bits per heavy atom. The van der Waals surface area contributed by atoms with E-state index in [9.17, 15) is 4.39 Å². The van der Waals surface area contributed by atoms with E-state index in [-0.39, 0.29) is 11.7 Å². The number of hydrogen-bond donors (Lipinski definition) is 0. The minimum absolute atomic E-state index is 0.0908. The molecule has 0 saturated carbocycles. The van der Waals surface area contributed by atoms with Crippen LogP contribution in [0.5, 0.6) is 0 Å². The molecular formula is C9H10FI. The maximum Gasteiger partial charge on any atom is 0.123 e. The van der Waals surface area contributed by atoms with Crippen molar-refractivity contribution in [2.24, 2.45) is 5.92 Å². The minimum atomic E-state index is -0.0908. The Labute approximate surface area is 80.0 Å². The van der Waals surface area contributed by atoms with Crippen molar-refractivity contribution in [2.75, 3.05) is 0 Å². The summed E-state index contributed by atoms with van der Waals surface area (Å²) in [6, 6.07) is 0. The summed E-state index contributed by atoms with van der Waals surface area (Å²) in [7, 11) is 0. The highest BCUT2D eigenvalue weighted by atomic mass is 127. The van der Waals surface area contributed by atoms with Crippen LogP contribution in [0.15, 0.2) is 33.2 Å². The van der Waals surface area contributed by atoms with Gasteiger partial charge >= 0.3 is 0 Å². The Hall–Kier alpha value is -0.120. The van der Waals surface area contributed by atoms with Gasteiger partial charge in [0.1, 0.15) is 5.83 Å². The van der Waals surface area contributed by atoms with Gasteiger partial charge in [0.05, 0.1) is 0 Å². The van der Waals surface area contributed by atoms with Crippen LogP contribution in [-0.4, -0.2) is 0 Å². The van der Waals surface area contributed by atoms with Crippen molar-refractivity contribution < 1.29 is 4.39 Å². The van der Waals surface area contributed by atoms with Gasteiger partial charge in [0.15, 0.2) is 0 Å². The normalized spacial score (nSPS) is 25.1. The van der Waals surface area contributed by atoms with E-state index >= 15 is 0 Å². The molecule has 0 N–H and O–H groups in total. The van der Waals surface area contributed by atoms with Gasteiger partial charge in [-0.3, -0.25) is 0 Å². The second kappa shape index (κ2) is 3.52. The Balaban J connectivity index is 3.06. The van der Waals surface area contributed by atoms with Crippen molar-refractivity contribution in [3.63, 3.8) is 0 Å². The van der Waals surface area contributed by atoms with Gasteiger partial charge in [-0.25, -0.2) is 4.39 Å². The highest BCUT2D eigenvalue weighted by Crippen LogP contribution is 2.26. The van der Waals surface area contributed by atoms with Crippen LogP contribution in [0.25, 0.3) is 0 Å². The predicted octanol–water partition coefficient (Wildman–Crippen LogP) is 3.75. The van der Waals surface area contributed by atoms with E-state index in [2.05, 4.69) is 22.6 Å². The predicted molar refractivity (Wildman–Crippen MR) is 54.2 cm³/mol. The fourth-order valence-electron chi connectivity index (χ4n) is 0.887. The zero-order valence-electron chi connectivity index (χ0n) is 6.57. The maximum atomic E-state index is 13.1. The lowest BCUT2D eigenvalue weighted by Gasteiger charge is -1.97. The molecule has 0 amide bonds.